The monoisotopic (exact) mass is 1170 g/mol. The van der Waals surface area contributed by atoms with Gasteiger partial charge in [-0.2, -0.15) is 13.2 Å². The summed E-state index contributed by atoms with van der Waals surface area (Å²) in [4.78, 5) is 96.9. The van der Waals surface area contributed by atoms with Gasteiger partial charge < -0.3 is 46.1 Å². The second-order valence-electron chi connectivity index (χ2n) is 23.1. The number of rotatable bonds is 22. The molecule has 3 unspecified atom stereocenters. The van der Waals surface area contributed by atoms with Crippen LogP contribution in [0.1, 0.15) is 98.5 Å². The molecule has 5 amide bonds. The number of aryl methyl sites for hydroxylation is 1. The molecule has 83 heavy (non-hydrogen) atoms. The van der Waals surface area contributed by atoms with Crippen LogP contribution in [0, 0.1) is 12.3 Å². The van der Waals surface area contributed by atoms with Gasteiger partial charge in [-0.05, 0) is 78.2 Å². The van der Waals surface area contributed by atoms with Crippen molar-refractivity contribution in [2.75, 3.05) is 89.3 Å². The Morgan fingerprint density at radius 3 is 2.14 bits per heavy atom. The number of H-pyrrole nitrogens is 1. The highest BCUT2D eigenvalue weighted by atomic mass is 32.1. The van der Waals surface area contributed by atoms with Gasteiger partial charge in [0.05, 0.1) is 44.7 Å². The molecule has 5 heterocycles. The summed E-state index contributed by atoms with van der Waals surface area (Å²) in [6, 6.07) is 20.2. The lowest BCUT2D eigenvalue weighted by Crippen LogP contribution is -2.57. The van der Waals surface area contributed by atoms with E-state index in [2.05, 4.69) is 63.0 Å². The van der Waals surface area contributed by atoms with Crippen LogP contribution in [0.5, 0.6) is 0 Å². The highest BCUT2D eigenvalue weighted by Gasteiger charge is 2.44. The quantitative estimate of drug-likeness (QED) is 0.0392. The van der Waals surface area contributed by atoms with Crippen LogP contribution in [0.15, 0.2) is 89.3 Å². The van der Waals surface area contributed by atoms with E-state index in [9.17, 15) is 47.0 Å². The summed E-state index contributed by atoms with van der Waals surface area (Å²) in [5.41, 5.74) is 4.89. The number of thiazole rings is 1. The molecule has 8 rings (SSSR count). The standard InChI is InChI=1S/C61H78F3N11O7S/c1-40-55(83-39-68-40)43-17-15-41(16-18-43)35-67-58(81)51-33-46(76)38-75(51)59(82)56(60(2,3)4)70-53(78)14-9-7-6-8-13-52(77)65-21-22-72-25-27-73(28-26-72)37-42-11-10-12-44(31-42)45-19-20-50(74-29-23-71(5)24-30-74)49(32-45)69-57(80)47-36-66-54(79)34-48(47)61(62,63)64/h10-12,15-20,31-32,34,36,39,46,51,56,76H,6-9,13-14,21-30,33,35,37-38H2,1-5H3,(H,65,77)(H,66,79)(H,67,81)(H,69,80)(H,70,78). The highest BCUT2D eigenvalue weighted by molar-refractivity contribution is 7.13. The SMILES string of the molecule is Cc1ncsc1-c1ccc(CNC(=O)C2CC(O)CN2C(=O)C(NC(=O)CCCCCCC(=O)NCCN2CCN(Cc3cccc(-c4ccc(N5CCN(C)CC5)c(NC(=O)c5c[nH]c(=O)cc5C(F)(F)F)c4)c3)CC2)C(C)(C)C)cc1. The molecule has 0 aliphatic carbocycles. The molecule has 3 aromatic carbocycles. The van der Waals surface area contributed by atoms with Gasteiger partial charge in [0.25, 0.3) is 5.91 Å². The number of halogens is 3. The molecule has 3 saturated heterocycles. The molecule has 18 nitrogen and oxygen atoms in total. The van der Waals surface area contributed by atoms with Crippen LogP contribution in [-0.4, -0.2) is 161 Å². The second-order valence-corrected chi connectivity index (χ2v) is 24.0. The third kappa shape index (κ3) is 17.1. The number of piperazine rings is 2. The van der Waals surface area contributed by atoms with E-state index in [-0.39, 0.29) is 43.7 Å². The second kappa shape index (κ2) is 28.1. The lowest BCUT2D eigenvalue weighted by atomic mass is 9.85. The van der Waals surface area contributed by atoms with Crippen LogP contribution in [0.3, 0.4) is 0 Å². The first-order valence-corrected chi connectivity index (χ1v) is 29.5. The number of pyridine rings is 1. The van der Waals surface area contributed by atoms with Crippen LogP contribution in [0.4, 0.5) is 24.5 Å². The number of hydrogen-bond donors (Lipinski definition) is 6. The molecular formula is C61H78F3N11O7S. The number of likely N-dealkylation sites (N-methyl/N-ethyl adjacent to an activating group) is 1. The van der Waals surface area contributed by atoms with Crippen LogP contribution < -0.4 is 31.7 Å². The first-order valence-electron chi connectivity index (χ1n) is 28.6. The highest BCUT2D eigenvalue weighted by Crippen LogP contribution is 2.36. The zero-order valence-electron chi connectivity index (χ0n) is 48.1. The maximum Gasteiger partial charge on any atom is 0.417 e. The zero-order valence-corrected chi connectivity index (χ0v) is 48.9. The molecule has 0 bridgehead atoms. The molecule has 3 atom stereocenters. The molecule has 6 N–H and O–H groups in total. The van der Waals surface area contributed by atoms with Crippen molar-refractivity contribution in [2.24, 2.45) is 5.41 Å². The normalized spacial score (nSPS) is 17.7. The van der Waals surface area contributed by atoms with E-state index >= 15 is 0 Å². The fourth-order valence-corrected chi connectivity index (χ4v) is 11.7. The van der Waals surface area contributed by atoms with E-state index in [1.807, 2.05) is 88.8 Å². The summed E-state index contributed by atoms with van der Waals surface area (Å²) in [5.74, 6) is -2.04. The molecule has 0 saturated carbocycles. The Labute approximate surface area is 487 Å². The summed E-state index contributed by atoms with van der Waals surface area (Å²) in [7, 11) is 2.02. The lowest BCUT2D eigenvalue weighted by Gasteiger charge is -2.35. The van der Waals surface area contributed by atoms with Crippen LogP contribution in [0.25, 0.3) is 21.6 Å². The molecule has 0 spiro atoms. The van der Waals surface area contributed by atoms with Gasteiger partial charge in [-0.1, -0.05) is 82.1 Å². The number of β-amino-alcohol motifs (C(OH)–C–C–N with tert-alkyl or cyclic N) is 1. The Morgan fingerprint density at radius 2 is 1.47 bits per heavy atom. The van der Waals surface area contributed by atoms with Crippen molar-refractivity contribution in [1.29, 1.82) is 0 Å². The number of amides is 5. The number of alkyl halides is 3. The molecule has 0 radical (unpaired) electrons. The number of nitrogens with one attached hydrogen (secondary N) is 5. The number of aliphatic hydroxyl groups excluding tert-OH is 1. The Morgan fingerprint density at radius 1 is 0.795 bits per heavy atom. The Bertz CT molecular complexity index is 3110. The molecular weight excluding hydrogens is 1090 g/mol. The maximum atomic E-state index is 14.1. The minimum atomic E-state index is -4.91. The molecule has 2 aromatic heterocycles. The fourth-order valence-electron chi connectivity index (χ4n) is 10.9. The molecule has 22 heteroatoms. The van der Waals surface area contributed by atoms with E-state index in [4.69, 9.17) is 0 Å². The van der Waals surface area contributed by atoms with Gasteiger partial charge in [-0.3, -0.25) is 38.6 Å². The number of carbonyl (C=O) groups is 5. The number of anilines is 2. The van der Waals surface area contributed by atoms with Gasteiger partial charge in [0.1, 0.15) is 12.1 Å². The number of benzene rings is 3. The molecule has 3 aliphatic heterocycles. The first kappa shape index (κ1) is 62.1. The van der Waals surface area contributed by atoms with E-state index < -0.39 is 58.3 Å². The zero-order chi connectivity index (χ0) is 59.4. The molecule has 3 fully saturated rings. The average molecular weight is 1170 g/mol. The van der Waals surface area contributed by atoms with E-state index in [1.54, 1.807) is 17.4 Å². The summed E-state index contributed by atoms with van der Waals surface area (Å²) >= 11 is 1.57. The Balaban J connectivity index is 0.726. The predicted molar refractivity (Wildman–Crippen MR) is 316 cm³/mol. The number of likely N-dealkylation sites (tertiary alicyclic amines) is 1. The minimum absolute atomic E-state index is 0.00654. The van der Waals surface area contributed by atoms with Crippen molar-refractivity contribution in [2.45, 2.75) is 110 Å². The first-order chi connectivity index (χ1) is 39.6. The summed E-state index contributed by atoms with van der Waals surface area (Å²) in [6.45, 7) is 16.0. The van der Waals surface area contributed by atoms with Crippen molar-refractivity contribution < 1.29 is 42.3 Å². The van der Waals surface area contributed by atoms with Crippen LogP contribution in [-0.2, 0) is 38.4 Å². The van der Waals surface area contributed by atoms with Crippen molar-refractivity contribution in [3.05, 3.63) is 123 Å². The number of unbranched alkanes of at least 4 members (excludes halogenated alkanes) is 3. The molecule has 3 aliphatic rings. The summed E-state index contributed by atoms with van der Waals surface area (Å²) in [5, 5.41) is 22.3. The van der Waals surface area contributed by atoms with Crippen LogP contribution >= 0.6 is 11.3 Å². The largest absolute Gasteiger partial charge is 0.417 e. The Hall–Kier alpha value is -6.98. The van der Waals surface area contributed by atoms with Gasteiger partial charge in [-0.25, -0.2) is 4.98 Å². The lowest BCUT2D eigenvalue weighted by molar-refractivity contribution is -0.144. The summed E-state index contributed by atoms with van der Waals surface area (Å²) in [6.07, 6.45) is -1.52. The van der Waals surface area contributed by atoms with Gasteiger partial charge in [0.15, 0.2) is 0 Å². The maximum absolute atomic E-state index is 14.1. The van der Waals surface area contributed by atoms with E-state index in [1.165, 1.54) is 4.90 Å². The van der Waals surface area contributed by atoms with Gasteiger partial charge in [-0.15, -0.1) is 11.3 Å². The minimum Gasteiger partial charge on any atom is -0.391 e. The van der Waals surface area contributed by atoms with Crippen LogP contribution in [0.2, 0.25) is 0 Å². The van der Waals surface area contributed by atoms with E-state index in [0.29, 0.717) is 62.9 Å². The smallest absolute Gasteiger partial charge is 0.391 e. The molecule has 446 valence electrons. The van der Waals surface area contributed by atoms with Gasteiger partial charge in [0.2, 0.25) is 29.2 Å². The number of aromatic amines is 1. The van der Waals surface area contributed by atoms with Crippen molar-refractivity contribution >= 4 is 52.2 Å². The Kier molecular flexibility index (Phi) is 21.0. The number of aliphatic hydroxyl groups is 1. The third-order valence-electron chi connectivity index (χ3n) is 15.7. The van der Waals surface area contributed by atoms with Gasteiger partial charge >= 0.3 is 6.18 Å². The topological polar surface area (TPSA) is 216 Å². The third-order valence-corrected chi connectivity index (χ3v) is 16.7. The number of hydrogen-bond acceptors (Lipinski definition) is 13. The van der Waals surface area contributed by atoms with E-state index in [0.717, 1.165) is 103 Å². The van der Waals surface area contributed by atoms with Gasteiger partial charge in [0, 0.05) is 117 Å². The fraction of sp³-hybridized carbons (Fsp3) is 0.492. The predicted octanol–water partition coefficient (Wildman–Crippen LogP) is 6.88. The van der Waals surface area contributed by atoms with Crippen molar-refractivity contribution in [1.82, 2.24) is 45.5 Å². The summed E-state index contributed by atoms with van der Waals surface area (Å²) < 4.78 is 41.9. The van der Waals surface area contributed by atoms with Crippen molar-refractivity contribution in [3.8, 4) is 21.6 Å². The van der Waals surface area contributed by atoms with Crippen molar-refractivity contribution in [3.63, 3.8) is 0 Å². The molecule has 5 aromatic rings. The average Bonchev–Trinajstić information content (AvgIpc) is 4.32. The number of carbonyl (C=O) groups excluding carboxylic acids is 5. The number of aromatic nitrogens is 2. The number of nitrogens with zero attached hydrogens (tertiary/aromatic N) is 6.